The Labute approximate surface area is 180 Å². The van der Waals surface area contributed by atoms with Crippen molar-refractivity contribution in [2.75, 3.05) is 28.3 Å². The van der Waals surface area contributed by atoms with Gasteiger partial charge >= 0.3 is 0 Å². The lowest BCUT2D eigenvalue weighted by molar-refractivity contribution is -0.0686. The Bertz CT molecular complexity index is 1010. The lowest BCUT2D eigenvalue weighted by atomic mass is 9.75. The molecule has 1 aliphatic rings. The molecule has 0 bridgehead atoms. The molecule has 3 nitrogen and oxygen atoms in total. The number of benzene rings is 3. The molecular weight excluding hydrogens is 370 g/mol. The number of ether oxygens (including phenoxy) is 2. The van der Waals surface area contributed by atoms with Crippen molar-refractivity contribution in [1.82, 2.24) is 4.90 Å². The summed E-state index contributed by atoms with van der Waals surface area (Å²) in [5.41, 5.74) is 7.33. The molecule has 30 heavy (non-hydrogen) atoms. The Morgan fingerprint density at radius 1 is 0.800 bits per heavy atom. The van der Waals surface area contributed by atoms with Crippen molar-refractivity contribution >= 4 is 0 Å². The van der Waals surface area contributed by atoms with Crippen molar-refractivity contribution in [2.45, 2.75) is 31.4 Å². The number of methoxy groups -OCH3 is 2. The molecule has 3 aromatic rings. The number of rotatable bonds is 5. The number of nitrogens with zero attached hydrogens (tertiary/aromatic N) is 1. The molecule has 0 aromatic heterocycles. The lowest BCUT2D eigenvalue weighted by Crippen LogP contribution is -2.50. The monoisotopic (exact) mass is 401 g/mol. The summed E-state index contributed by atoms with van der Waals surface area (Å²) in [4.78, 5) is 2.29. The van der Waals surface area contributed by atoms with E-state index in [9.17, 15) is 0 Å². The second kappa shape index (κ2) is 8.25. The minimum atomic E-state index is -0.284. The van der Waals surface area contributed by atoms with Crippen LogP contribution in [0.25, 0.3) is 22.3 Å². The normalized spacial score (nSPS) is 20.8. The van der Waals surface area contributed by atoms with E-state index in [-0.39, 0.29) is 5.60 Å². The van der Waals surface area contributed by atoms with Gasteiger partial charge in [0.2, 0.25) is 0 Å². The number of fused-ring (bicyclic) bond motifs is 1. The first-order valence-electron chi connectivity index (χ1n) is 10.6. The number of hydrogen-bond acceptors (Lipinski definition) is 3. The highest BCUT2D eigenvalue weighted by Gasteiger charge is 2.41. The highest BCUT2D eigenvalue weighted by atomic mass is 16.5. The number of hydrogen-bond donors (Lipinski definition) is 0. The van der Waals surface area contributed by atoms with Crippen molar-refractivity contribution in [3.8, 4) is 28.0 Å². The fourth-order valence-corrected chi connectivity index (χ4v) is 4.85. The summed E-state index contributed by atoms with van der Waals surface area (Å²) >= 11 is 0. The first-order chi connectivity index (χ1) is 14.5. The van der Waals surface area contributed by atoms with E-state index in [1.54, 1.807) is 7.11 Å². The Hall–Kier alpha value is -2.62. The summed E-state index contributed by atoms with van der Waals surface area (Å²) in [6.45, 7) is 2.22. The van der Waals surface area contributed by atoms with Gasteiger partial charge in [-0.3, -0.25) is 0 Å². The summed E-state index contributed by atoms with van der Waals surface area (Å²) in [5, 5.41) is 0. The predicted molar refractivity (Wildman–Crippen MR) is 124 cm³/mol. The average molecular weight is 402 g/mol. The van der Waals surface area contributed by atoms with Gasteiger partial charge in [-0.2, -0.15) is 0 Å². The van der Waals surface area contributed by atoms with E-state index < -0.39 is 0 Å². The number of likely N-dealkylation sites (N-methyl/N-ethyl adjacent to an activating group) is 1. The van der Waals surface area contributed by atoms with Crippen molar-refractivity contribution in [3.63, 3.8) is 0 Å². The summed E-state index contributed by atoms with van der Waals surface area (Å²) < 4.78 is 11.3. The van der Waals surface area contributed by atoms with Crippen LogP contribution in [0.4, 0.5) is 0 Å². The molecule has 0 aliphatic heterocycles. The molecule has 2 atom stereocenters. The zero-order valence-corrected chi connectivity index (χ0v) is 18.6. The number of aryl methyl sites for hydroxylation is 1. The van der Waals surface area contributed by atoms with E-state index in [4.69, 9.17) is 9.47 Å². The van der Waals surface area contributed by atoms with Gasteiger partial charge in [0, 0.05) is 13.2 Å². The van der Waals surface area contributed by atoms with Crippen LogP contribution in [0.1, 0.15) is 24.5 Å². The SMILES string of the molecule is COc1ccc(-c2ccc(-c3ccc4c(c3)CCC(N(C)C)C4(C)OC)cc2)cc1. The highest BCUT2D eigenvalue weighted by molar-refractivity contribution is 5.71. The lowest BCUT2D eigenvalue weighted by Gasteiger charge is -2.45. The second-order valence-corrected chi connectivity index (χ2v) is 8.51. The highest BCUT2D eigenvalue weighted by Crippen LogP contribution is 2.41. The van der Waals surface area contributed by atoms with E-state index in [1.807, 2.05) is 19.2 Å². The average Bonchev–Trinajstić information content (AvgIpc) is 2.79. The maximum Gasteiger partial charge on any atom is 0.118 e. The Morgan fingerprint density at radius 2 is 1.33 bits per heavy atom. The summed E-state index contributed by atoms with van der Waals surface area (Å²) in [6.07, 6.45) is 2.18. The van der Waals surface area contributed by atoms with Gasteiger partial charge in [-0.1, -0.05) is 54.6 Å². The van der Waals surface area contributed by atoms with Crippen LogP contribution < -0.4 is 4.74 Å². The van der Waals surface area contributed by atoms with E-state index >= 15 is 0 Å². The van der Waals surface area contributed by atoms with Gasteiger partial charge in [0.25, 0.3) is 0 Å². The van der Waals surface area contributed by atoms with Crippen LogP contribution in [0, 0.1) is 0 Å². The zero-order valence-electron chi connectivity index (χ0n) is 18.6. The van der Waals surface area contributed by atoms with Crippen molar-refractivity contribution in [2.24, 2.45) is 0 Å². The van der Waals surface area contributed by atoms with Crippen molar-refractivity contribution in [3.05, 3.63) is 77.9 Å². The summed E-state index contributed by atoms with van der Waals surface area (Å²) in [5.74, 6) is 0.879. The molecule has 0 N–H and O–H groups in total. The fourth-order valence-electron chi connectivity index (χ4n) is 4.85. The topological polar surface area (TPSA) is 21.7 Å². The molecule has 3 heteroatoms. The molecule has 0 saturated heterocycles. The molecule has 0 fully saturated rings. The van der Waals surface area contributed by atoms with Gasteiger partial charge in [-0.05, 0) is 79.4 Å². The Balaban J connectivity index is 1.63. The molecule has 4 rings (SSSR count). The standard InChI is InChI=1S/C27H31NO2/c1-27(30-5)25-16-12-22(18-23(25)13-17-26(27)28(2)3)21-8-6-19(7-9-21)20-10-14-24(29-4)15-11-20/h6-12,14-16,18,26H,13,17H2,1-5H3. The molecule has 0 radical (unpaired) electrons. The van der Waals surface area contributed by atoms with Gasteiger partial charge in [-0.25, -0.2) is 0 Å². The Kier molecular flexibility index (Phi) is 5.68. The molecule has 156 valence electrons. The molecule has 0 heterocycles. The first-order valence-corrected chi connectivity index (χ1v) is 10.6. The largest absolute Gasteiger partial charge is 0.497 e. The van der Waals surface area contributed by atoms with Crippen LogP contribution in [0.5, 0.6) is 5.75 Å². The van der Waals surface area contributed by atoms with Crippen LogP contribution in [-0.4, -0.2) is 39.3 Å². The van der Waals surface area contributed by atoms with Crippen LogP contribution in [0.2, 0.25) is 0 Å². The third-order valence-corrected chi connectivity index (χ3v) is 6.65. The van der Waals surface area contributed by atoms with Gasteiger partial charge in [0.15, 0.2) is 0 Å². The van der Waals surface area contributed by atoms with Crippen LogP contribution in [0.3, 0.4) is 0 Å². The maximum atomic E-state index is 6.06. The minimum absolute atomic E-state index is 0.284. The van der Waals surface area contributed by atoms with E-state index in [2.05, 4.69) is 80.5 Å². The quantitative estimate of drug-likeness (QED) is 0.542. The fraction of sp³-hybridized carbons (Fsp3) is 0.333. The Morgan fingerprint density at radius 3 is 1.87 bits per heavy atom. The minimum Gasteiger partial charge on any atom is -0.497 e. The molecule has 0 spiro atoms. The van der Waals surface area contributed by atoms with Crippen LogP contribution in [-0.2, 0) is 16.8 Å². The maximum absolute atomic E-state index is 6.06. The predicted octanol–water partition coefficient (Wildman–Crippen LogP) is 5.77. The zero-order chi connectivity index (χ0) is 21.3. The molecule has 1 aliphatic carbocycles. The molecule has 0 amide bonds. The van der Waals surface area contributed by atoms with Crippen molar-refractivity contribution < 1.29 is 9.47 Å². The molecule has 2 unspecified atom stereocenters. The van der Waals surface area contributed by atoms with E-state index in [0.29, 0.717) is 6.04 Å². The third-order valence-electron chi connectivity index (χ3n) is 6.65. The third kappa shape index (κ3) is 3.64. The van der Waals surface area contributed by atoms with Gasteiger partial charge < -0.3 is 14.4 Å². The van der Waals surface area contributed by atoms with E-state index in [0.717, 1.165) is 18.6 Å². The first kappa shape index (κ1) is 20.6. The van der Waals surface area contributed by atoms with Gasteiger partial charge in [0.05, 0.1) is 7.11 Å². The molecular formula is C27H31NO2. The molecule has 0 saturated carbocycles. The van der Waals surface area contributed by atoms with E-state index in [1.165, 1.54) is 33.4 Å². The van der Waals surface area contributed by atoms with Gasteiger partial charge in [0.1, 0.15) is 11.4 Å². The van der Waals surface area contributed by atoms with Crippen molar-refractivity contribution in [1.29, 1.82) is 0 Å². The molecule has 3 aromatic carbocycles. The van der Waals surface area contributed by atoms with Gasteiger partial charge in [-0.15, -0.1) is 0 Å². The summed E-state index contributed by atoms with van der Waals surface area (Å²) in [7, 11) is 7.81. The second-order valence-electron chi connectivity index (χ2n) is 8.51. The summed E-state index contributed by atoms with van der Waals surface area (Å²) in [6, 6.07) is 24.2. The van der Waals surface area contributed by atoms with Crippen LogP contribution >= 0.6 is 0 Å². The van der Waals surface area contributed by atoms with Crippen LogP contribution in [0.15, 0.2) is 66.7 Å². The smallest absolute Gasteiger partial charge is 0.118 e.